The Kier molecular flexibility index (Phi) is 5.28. The molecule has 0 aliphatic rings. The van der Waals surface area contributed by atoms with Crippen LogP contribution < -0.4 is 10.7 Å². The van der Waals surface area contributed by atoms with E-state index in [9.17, 15) is 18.8 Å². The number of benzene rings is 3. The molecule has 0 saturated carbocycles. The third-order valence-corrected chi connectivity index (χ3v) is 4.64. The Morgan fingerprint density at radius 1 is 0.968 bits per heavy atom. The van der Waals surface area contributed by atoms with Gasteiger partial charge in [-0.2, -0.15) is 5.10 Å². The number of ether oxygens (including phenoxy) is 1. The molecular formula is C23H16FN3O4. The Morgan fingerprint density at radius 3 is 2.32 bits per heavy atom. The molecular weight excluding hydrogens is 401 g/mol. The van der Waals surface area contributed by atoms with E-state index in [1.54, 1.807) is 24.3 Å². The van der Waals surface area contributed by atoms with Crippen LogP contribution in [0.5, 0.6) is 0 Å². The molecule has 8 heteroatoms. The molecule has 3 aromatic carbocycles. The second-order valence-electron chi connectivity index (χ2n) is 6.61. The third-order valence-electron chi connectivity index (χ3n) is 4.64. The van der Waals surface area contributed by atoms with Crippen LogP contribution in [0.15, 0.2) is 77.6 Å². The molecule has 31 heavy (non-hydrogen) atoms. The lowest BCUT2D eigenvalue weighted by molar-refractivity contribution is 0.0600. The molecule has 0 unspecified atom stereocenters. The summed E-state index contributed by atoms with van der Waals surface area (Å²) in [5, 5.41) is 7.16. The van der Waals surface area contributed by atoms with Gasteiger partial charge >= 0.3 is 5.97 Å². The van der Waals surface area contributed by atoms with Crippen LogP contribution in [0.4, 0.5) is 10.1 Å². The van der Waals surface area contributed by atoms with E-state index in [4.69, 9.17) is 0 Å². The first-order valence-electron chi connectivity index (χ1n) is 9.25. The lowest BCUT2D eigenvalue weighted by Crippen LogP contribution is -2.26. The van der Waals surface area contributed by atoms with E-state index in [1.165, 1.54) is 60.3 Å². The van der Waals surface area contributed by atoms with Gasteiger partial charge in [0, 0.05) is 5.69 Å². The van der Waals surface area contributed by atoms with Crippen LogP contribution in [-0.4, -0.2) is 28.8 Å². The van der Waals surface area contributed by atoms with Crippen LogP contribution in [0.3, 0.4) is 0 Å². The van der Waals surface area contributed by atoms with Crippen molar-refractivity contribution in [1.82, 2.24) is 9.78 Å². The summed E-state index contributed by atoms with van der Waals surface area (Å²) in [4.78, 5) is 37.3. The predicted octanol–water partition coefficient (Wildman–Crippen LogP) is 3.56. The molecule has 0 aliphatic carbocycles. The van der Waals surface area contributed by atoms with Crippen molar-refractivity contribution in [1.29, 1.82) is 0 Å². The zero-order valence-electron chi connectivity index (χ0n) is 16.3. The smallest absolute Gasteiger partial charge is 0.337 e. The Bertz CT molecular complexity index is 1350. The second kappa shape index (κ2) is 8.19. The fourth-order valence-electron chi connectivity index (χ4n) is 3.10. The van der Waals surface area contributed by atoms with Crippen LogP contribution in [0.1, 0.15) is 20.8 Å². The van der Waals surface area contributed by atoms with Crippen molar-refractivity contribution in [3.8, 4) is 5.69 Å². The molecule has 0 saturated heterocycles. The number of amides is 1. The quantitative estimate of drug-likeness (QED) is 0.513. The molecule has 1 amide bonds. The number of hydrogen-bond acceptors (Lipinski definition) is 5. The highest BCUT2D eigenvalue weighted by Gasteiger charge is 2.18. The van der Waals surface area contributed by atoms with Gasteiger partial charge in [-0.1, -0.05) is 12.1 Å². The minimum Gasteiger partial charge on any atom is -0.465 e. The van der Waals surface area contributed by atoms with Gasteiger partial charge in [-0.05, 0) is 60.7 Å². The van der Waals surface area contributed by atoms with Crippen LogP contribution in [0.2, 0.25) is 0 Å². The average molecular weight is 417 g/mol. The van der Waals surface area contributed by atoms with Crippen LogP contribution >= 0.6 is 0 Å². The number of aromatic nitrogens is 2. The normalized spacial score (nSPS) is 10.6. The molecule has 1 heterocycles. The van der Waals surface area contributed by atoms with Gasteiger partial charge in [-0.25, -0.2) is 13.9 Å². The van der Waals surface area contributed by atoms with Crippen molar-refractivity contribution < 1.29 is 18.7 Å². The number of carbonyl (C=O) groups is 2. The summed E-state index contributed by atoms with van der Waals surface area (Å²) in [5.74, 6) is -1.63. The number of nitrogens with one attached hydrogen (secondary N) is 1. The van der Waals surface area contributed by atoms with Gasteiger partial charge in [0.15, 0.2) is 5.69 Å². The number of anilines is 1. The van der Waals surface area contributed by atoms with Gasteiger partial charge in [-0.15, -0.1) is 0 Å². The molecule has 1 aromatic heterocycles. The number of nitrogens with zero attached hydrogens (tertiary/aromatic N) is 2. The Labute approximate surface area is 175 Å². The molecule has 0 spiro atoms. The van der Waals surface area contributed by atoms with Gasteiger partial charge in [0.2, 0.25) is 5.43 Å². The number of fused-ring (bicyclic) bond motifs is 1. The molecule has 0 fully saturated rings. The first-order valence-corrected chi connectivity index (χ1v) is 9.25. The zero-order valence-corrected chi connectivity index (χ0v) is 16.3. The minimum absolute atomic E-state index is 0.299. The number of halogens is 1. The van der Waals surface area contributed by atoms with Crippen LogP contribution in [0.25, 0.3) is 16.6 Å². The Hall–Kier alpha value is -4.33. The molecule has 4 rings (SSSR count). The summed E-state index contributed by atoms with van der Waals surface area (Å²) >= 11 is 0. The van der Waals surface area contributed by atoms with E-state index >= 15 is 0 Å². The average Bonchev–Trinajstić information content (AvgIpc) is 2.80. The third kappa shape index (κ3) is 3.91. The highest BCUT2D eigenvalue weighted by Crippen LogP contribution is 2.17. The van der Waals surface area contributed by atoms with Crippen molar-refractivity contribution in [3.05, 3.63) is 100 Å². The van der Waals surface area contributed by atoms with E-state index in [2.05, 4.69) is 15.2 Å². The number of carbonyl (C=O) groups excluding carboxylic acids is 2. The van der Waals surface area contributed by atoms with Crippen molar-refractivity contribution in [2.75, 3.05) is 12.4 Å². The lowest BCUT2D eigenvalue weighted by atomic mass is 10.1. The molecule has 0 atom stereocenters. The van der Waals surface area contributed by atoms with Crippen LogP contribution in [0, 0.1) is 5.82 Å². The van der Waals surface area contributed by atoms with Crippen molar-refractivity contribution >= 4 is 28.5 Å². The summed E-state index contributed by atoms with van der Waals surface area (Å²) in [6.07, 6.45) is 0. The molecule has 7 nitrogen and oxygen atoms in total. The summed E-state index contributed by atoms with van der Waals surface area (Å²) in [7, 11) is 1.27. The zero-order chi connectivity index (χ0) is 22.0. The summed E-state index contributed by atoms with van der Waals surface area (Å²) < 4.78 is 19.4. The van der Waals surface area contributed by atoms with Crippen molar-refractivity contribution in [2.24, 2.45) is 0 Å². The van der Waals surface area contributed by atoms with E-state index in [1.807, 2.05) is 0 Å². The molecule has 154 valence electrons. The number of hydrogen-bond donors (Lipinski definition) is 1. The van der Waals surface area contributed by atoms with Gasteiger partial charge < -0.3 is 10.1 Å². The maximum Gasteiger partial charge on any atom is 0.337 e. The monoisotopic (exact) mass is 417 g/mol. The van der Waals surface area contributed by atoms with Gasteiger partial charge in [-0.3, -0.25) is 9.59 Å². The predicted molar refractivity (Wildman–Crippen MR) is 113 cm³/mol. The number of para-hydroxylation sites is 1. The van der Waals surface area contributed by atoms with Gasteiger partial charge in [0.05, 0.1) is 29.3 Å². The summed E-state index contributed by atoms with van der Waals surface area (Å²) in [6, 6.07) is 18.3. The van der Waals surface area contributed by atoms with Crippen molar-refractivity contribution in [2.45, 2.75) is 0 Å². The molecule has 0 bridgehead atoms. The van der Waals surface area contributed by atoms with E-state index in [0.717, 1.165) is 0 Å². The fourth-order valence-corrected chi connectivity index (χ4v) is 3.10. The van der Waals surface area contributed by atoms with Gasteiger partial charge in [0.1, 0.15) is 5.82 Å². The molecule has 4 aromatic rings. The highest BCUT2D eigenvalue weighted by molar-refractivity contribution is 6.04. The minimum atomic E-state index is -0.711. The van der Waals surface area contributed by atoms with Crippen molar-refractivity contribution in [3.63, 3.8) is 0 Å². The molecule has 0 aliphatic heterocycles. The van der Waals surface area contributed by atoms with E-state index in [-0.39, 0.29) is 5.69 Å². The standard InChI is InChI=1S/C23H16FN3O4/c1-31-23(30)14-6-10-16(11-7-14)25-22(29)20-21(28)18-4-2-3-5-19(18)27(26-20)17-12-8-15(24)9-13-17/h2-13H,1H3,(H,25,29). The Balaban J connectivity index is 1.76. The first-order chi connectivity index (χ1) is 15.0. The SMILES string of the molecule is COC(=O)c1ccc(NC(=O)c2nn(-c3ccc(F)cc3)c3ccccc3c2=O)cc1. The first kappa shape index (κ1) is 20.0. The number of esters is 1. The maximum atomic E-state index is 13.4. The Morgan fingerprint density at radius 2 is 1.65 bits per heavy atom. The highest BCUT2D eigenvalue weighted by atomic mass is 19.1. The van der Waals surface area contributed by atoms with E-state index in [0.29, 0.717) is 27.8 Å². The summed E-state index contributed by atoms with van der Waals surface area (Å²) in [5.41, 5.74) is 0.827. The number of methoxy groups -OCH3 is 1. The summed E-state index contributed by atoms with van der Waals surface area (Å²) in [6.45, 7) is 0. The van der Waals surface area contributed by atoms with Gasteiger partial charge in [0.25, 0.3) is 5.91 Å². The number of rotatable bonds is 4. The molecule has 1 N–H and O–H groups in total. The maximum absolute atomic E-state index is 13.4. The van der Waals surface area contributed by atoms with Crippen LogP contribution in [-0.2, 0) is 4.74 Å². The second-order valence-corrected chi connectivity index (χ2v) is 6.61. The molecule has 0 radical (unpaired) electrons. The lowest BCUT2D eigenvalue weighted by Gasteiger charge is -2.12. The van der Waals surface area contributed by atoms with E-state index < -0.39 is 23.1 Å². The topological polar surface area (TPSA) is 90.3 Å². The fraction of sp³-hybridized carbons (Fsp3) is 0.0435. The largest absolute Gasteiger partial charge is 0.465 e.